The van der Waals surface area contributed by atoms with Gasteiger partial charge in [0, 0.05) is 19.3 Å². The van der Waals surface area contributed by atoms with Gasteiger partial charge in [-0.15, -0.1) is 0 Å². The molecule has 6 heteroatoms. The molecule has 1 atom stereocenters. The van der Waals surface area contributed by atoms with E-state index in [9.17, 15) is 14.7 Å². The van der Waals surface area contributed by atoms with Crippen LogP contribution in [0.25, 0.3) is 0 Å². The number of carbonyl (C=O) groups is 2. The molecular formula is C15H21N3O3. The van der Waals surface area contributed by atoms with Crippen molar-refractivity contribution in [3.63, 3.8) is 0 Å². The minimum Gasteiger partial charge on any atom is -0.481 e. The van der Waals surface area contributed by atoms with E-state index in [2.05, 4.69) is 4.98 Å². The summed E-state index contributed by atoms with van der Waals surface area (Å²) in [5.74, 6) is -0.628. The number of piperidine rings is 1. The summed E-state index contributed by atoms with van der Waals surface area (Å²) in [5.41, 5.74) is 5.14. The van der Waals surface area contributed by atoms with Crippen LogP contribution >= 0.6 is 0 Å². The van der Waals surface area contributed by atoms with Crippen molar-refractivity contribution in [1.29, 1.82) is 0 Å². The lowest BCUT2D eigenvalue weighted by atomic mass is 9.76. The Balaban J connectivity index is 2.18. The molecule has 0 aliphatic carbocycles. The number of carboxylic acid groups (broad SMARTS) is 1. The van der Waals surface area contributed by atoms with Crippen LogP contribution in [0.4, 0.5) is 5.82 Å². The lowest BCUT2D eigenvalue weighted by molar-refractivity contribution is -0.152. The van der Waals surface area contributed by atoms with Gasteiger partial charge in [-0.05, 0) is 31.4 Å². The average molecular weight is 291 g/mol. The molecule has 2 rings (SSSR count). The van der Waals surface area contributed by atoms with E-state index in [0.29, 0.717) is 37.2 Å². The van der Waals surface area contributed by atoms with E-state index < -0.39 is 11.4 Å². The number of nitrogen functional groups attached to an aromatic ring is 1. The molecule has 0 saturated carbocycles. The third-order valence-corrected chi connectivity index (χ3v) is 4.08. The summed E-state index contributed by atoms with van der Waals surface area (Å²) in [7, 11) is 0. The highest BCUT2D eigenvalue weighted by atomic mass is 16.4. The summed E-state index contributed by atoms with van der Waals surface area (Å²) in [4.78, 5) is 29.7. The summed E-state index contributed by atoms with van der Waals surface area (Å²) in [6.45, 7) is 2.82. The summed E-state index contributed by atoms with van der Waals surface area (Å²) < 4.78 is 0. The maximum Gasteiger partial charge on any atom is 0.311 e. The number of rotatable bonds is 4. The molecule has 1 saturated heterocycles. The first-order valence-electron chi connectivity index (χ1n) is 7.23. The standard InChI is InChI=1S/C15H21N3O3/c1-2-6-15(14(20)21)7-3-8-18(10-15)13(19)11-4-5-12(16)17-9-11/h4-5,9H,2-3,6-8,10H2,1H3,(H2,16,17)(H,20,21). The van der Waals surface area contributed by atoms with Crippen molar-refractivity contribution < 1.29 is 14.7 Å². The van der Waals surface area contributed by atoms with Gasteiger partial charge in [0.2, 0.25) is 0 Å². The largest absolute Gasteiger partial charge is 0.481 e. The number of carbonyl (C=O) groups excluding carboxylic acids is 1. The molecule has 1 fully saturated rings. The van der Waals surface area contributed by atoms with E-state index >= 15 is 0 Å². The molecule has 3 N–H and O–H groups in total. The van der Waals surface area contributed by atoms with Crippen molar-refractivity contribution in [2.75, 3.05) is 18.8 Å². The maximum absolute atomic E-state index is 12.5. The predicted molar refractivity (Wildman–Crippen MR) is 78.8 cm³/mol. The number of hydrogen-bond acceptors (Lipinski definition) is 4. The van der Waals surface area contributed by atoms with Crippen LogP contribution in [-0.4, -0.2) is 40.0 Å². The van der Waals surface area contributed by atoms with Gasteiger partial charge in [0.15, 0.2) is 0 Å². The molecule has 0 aromatic carbocycles. The number of pyridine rings is 1. The Kier molecular flexibility index (Phi) is 4.45. The third-order valence-electron chi connectivity index (χ3n) is 4.08. The van der Waals surface area contributed by atoms with Crippen molar-refractivity contribution in [2.24, 2.45) is 5.41 Å². The van der Waals surface area contributed by atoms with Gasteiger partial charge in [0.25, 0.3) is 5.91 Å². The van der Waals surface area contributed by atoms with Crippen LogP contribution in [0.2, 0.25) is 0 Å². The second kappa shape index (κ2) is 6.11. The first-order valence-corrected chi connectivity index (χ1v) is 7.23. The van der Waals surface area contributed by atoms with E-state index in [1.54, 1.807) is 17.0 Å². The SMILES string of the molecule is CCCC1(C(=O)O)CCCN(C(=O)c2ccc(N)nc2)C1. The Morgan fingerprint density at radius 3 is 2.81 bits per heavy atom. The van der Waals surface area contributed by atoms with Crippen molar-refractivity contribution >= 4 is 17.7 Å². The van der Waals surface area contributed by atoms with Gasteiger partial charge in [-0.2, -0.15) is 0 Å². The van der Waals surface area contributed by atoms with Crippen molar-refractivity contribution in [3.8, 4) is 0 Å². The average Bonchev–Trinajstić information content (AvgIpc) is 2.48. The topological polar surface area (TPSA) is 96.5 Å². The predicted octanol–water partition coefficient (Wildman–Crippen LogP) is 1.77. The van der Waals surface area contributed by atoms with Crippen LogP contribution in [0.5, 0.6) is 0 Å². The Morgan fingerprint density at radius 2 is 2.24 bits per heavy atom. The molecule has 1 aliphatic rings. The number of hydrogen-bond donors (Lipinski definition) is 2. The Labute approximate surface area is 124 Å². The maximum atomic E-state index is 12.5. The highest BCUT2D eigenvalue weighted by Crippen LogP contribution is 2.35. The minimum atomic E-state index is -0.816. The van der Waals surface area contributed by atoms with E-state index in [1.807, 2.05) is 6.92 Å². The molecule has 1 aromatic rings. The molecule has 21 heavy (non-hydrogen) atoms. The lowest BCUT2D eigenvalue weighted by Gasteiger charge is -2.40. The molecule has 0 bridgehead atoms. The van der Waals surface area contributed by atoms with Gasteiger partial charge in [0.1, 0.15) is 5.82 Å². The number of aliphatic carboxylic acids is 1. The van der Waals surface area contributed by atoms with Crippen molar-refractivity contribution in [1.82, 2.24) is 9.88 Å². The number of carboxylic acids is 1. The molecular weight excluding hydrogens is 270 g/mol. The van der Waals surface area contributed by atoms with E-state index in [0.717, 1.165) is 6.42 Å². The number of nitrogens with two attached hydrogens (primary N) is 1. The summed E-state index contributed by atoms with van der Waals surface area (Å²) in [6.07, 6.45) is 4.15. The summed E-state index contributed by atoms with van der Waals surface area (Å²) in [6, 6.07) is 3.20. The van der Waals surface area contributed by atoms with Gasteiger partial charge >= 0.3 is 5.97 Å². The molecule has 114 valence electrons. The number of aromatic nitrogens is 1. The Morgan fingerprint density at radius 1 is 1.48 bits per heavy atom. The quantitative estimate of drug-likeness (QED) is 0.881. The third kappa shape index (κ3) is 3.15. The first kappa shape index (κ1) is 15.3. The molecule has 2 heterocycles. The highest BCUT2D eigenvalue weighted by molar-refractivity contribution is 5.94. The van der Waals surface area contributed by atoms with E-state index in [4.69, 9.17) is 5.73 Å². The molecule has 0 spiro atoms. The monoisotopic (exact) mass is 291 g/mol. The summed E-state index contributed by atoms with van der Waals surface area (Å²) in [5, 5.41) is 9.56. The fourth-order valence-corrected chi connectivity index (χ4v) is 2.98. The van der Waals surface area contributed by atoms with Gasteiger partial charge in [-0.3, -0.25) is 9.59 Å². The van der Waals surface area contributed by atoms with Crippen molar-refractivity contribution in [3.05, 3.63) is 23.9 Å². The first-order chi connectivity index (χ1) is 9.98. The smallest absolute Gasteiger partial charge is 0.311 e. The Bertz CT molecular complexity index is 525. The molecule has 1 aliphatic heterocycles. The number of amides is 1. The zero-order valence-electron chi connectivity index (χ0n) is 12.2. The second-order valence-corrected chi connectivity index (χ2v) is 5.64. The van der Waals surface area contributed by atoms with Crippen LogP contribution in [0, 0.1) is 5.41 Å². The van der Waals surface area contributed by atoms with Crippen LogP contribution < -0.4 is 5.73 Å². The molecule has 6 nitrogen and oxygen atoms in total. The molecule has 1 aromatic heterocycles. The van der Waals surface area contributed by atoms with Gasteiger partial charge in [0.05, 0.1) is 11.0 Å². The second-order valence-electron chi connectivity index (χ2n) is 5.64. The van der Waals surface area contributed by atoms with Crippen molar-refractivity contribution in [2.45, 2.75) is 32.6 Å². The fraction of sp³-hybridized carbons (Fsp3) is 0.533. The number of likely N-dealkylation sites (tertiary alicyclic amines) is 1. The minimum absolute atomic E-state index is 0.177. The number of anilines is 1. The van der Waals surface area contributed by atoms with E-state index in [-0.39, 0.29) is 12.5 Å². The molecule has 1 unspecified atom stereocenters. The lowest BCUT2D eigenvalue weighted by Crippen LogP contribution is -2.49. The van der Waals surface area contributed by atoms with Crippen LogP contribution in [0.1, 0.15) is 43.0 Å². The highest BCUT2D eigenvalue weighted by Gasteiger charge is 2.42. The van der Waals surface area contributed by atoms with Gasteiger partial charge in [-0.1, -0.05) is 13.3 Å². The van der Waals surface area contributed by atoms with Crippen LogP contribution in [-0.2, 0) is 4.79 Å². The zero-order chi connectivity index (χ0) is 15.5. The zero-order valence-corrected chi connectivity index (χ0v) is 12.2. The summed E-state index contributed by atoms with van der Waals surface area (Å²) >= 11 is 0. The Hall–Kier alpha value is -2.11. The van der Waals surface area contributed by atoms with Gasteiger partial charge < -0.3 is 15.7 Å². The molecule has 0 radical (unpaired) electrons. The van der Waals surface area contributed by atoms with Crippen LogP contribution in [0.15, 0.2) is 18.3 Å². The number of nitrogens with zero attached hydrogens (tertiary/aromatic N) is 2. The van der Waals surface area contributed by atoms with Crippen LogP contribution in [0.3, 0.4) is 0 Å². The van der Waals surface area contributed by atoms with Gasteiger partial charge in [-0.25, -0.2) is 4.98 Å². The van der Waals surface area contributed by atoms with E-state index in [1.165, 1.54) is 6.20 Å². The normalized spacial score (nSPS) is 22.0. The fourth-order valence-electron chi connectivity index (χ4n) is 2.98. The molecule has 1 amide bonds.